The molecule has 0 aliphatic carbocycles. The zero-order valence-electron chi connectivity index (χ0n) is 9.01. The summed E-state index contributed by atoms with van der Waals surface area (Å²) in [4.78, 5) is 0. The summed E-state index contributed by atoms with van der Waals surface area (Å²) in [5.41, 5.74) is 1.09. The molecule has 0 bridgehead atoms. The summed E-state index contributed by atoms with van der Waals surface area (Å²) in [5, 5.41) is 4.62. The molecule has 0 fully saturated rings. The third-order valence-electron chi connectivity index (χ3n) is 1.99. The SMILES string of the molecule is C=COCCCNCc1cc(Cl)cc(Cl)c1. The second-order valence-electron chi connectivity index (χ2n) is 3.35. The van der Waals surface area contributed by atoms with Crippen LogP contribution in [-0.2, 0) is 11.3 Å². The fourth-order valence-corrected chi connectivity index (χ4v) is 1.88. The average Bonchev–Trinajstić information content (AvgIpc) is 2.22. The molecule has 1 rings (SSSR count). The number of hydrogen-bond donors (Lipinski definition) is 1. The highest BCUT2D eigenvalue weighted by Gasteiger charge is 1.97. The molecule has 1 aromatic rings. The molecule has 1 aromatic carbocycles. The Kier molecular flexibility index (Phi) is 6.31. The normalized spacial score (nSPS) is 10.1. The lowest BCUT2D eigenvalue weighted by Crippen LogP contribution is -2.15. The molecule has 0 spiro atoms. The van der Waals surface area contributed by atoms with E-state index in [1.54, 1.807) is 6.07 Å². The van der Waals surface area contributed by atoms with Gasteiger partial charge in [0.1, 0.15) is 0 Å². The Morgan fingerprint density at radius 3 is 2.56 bits per heavy atom. The first-order valence-corrected chi connectivity index (χ1v) is 5.86. The zero-order chi connectivity index (χ0) is 11.8. The lowest BCUT2D eigenvalue weighted by atomic mass is 10.2. The van der Waals surface area contributed by atoms with E-state index < -0.39 is 0 Å². The summed E-state index contributed by atoms with van der Waals surface area (Å²) in [6.45, 7) is 5.81. The molecule has 2 nitrogen and oxygen atoms in total. The van der Waals surface area contributed by atoms with Gasteiger partial charge in [-0.2, -0.15) is 0 Å². The Labute approximate surface area is 106 Å². The van der Waals surface area contributed by atoms with Crippen molar-refractivity contribution in [2.75, 3.05) is 13.2 Å². The van der Waals surface area contributed by atoms with Crippen LogP contribution in [0.4, 0.5) is 0 Å². The van der Waals surface area contributed by atoms with Crippen molar-refractivity contribution in [2.45, 2.75) is 13.0 Å². The fraction of sp³-hybridized carbons (Fsp3) is 0.333. The van der Waals surface area contributed by atoms with Crippen molar-refractivity contribution in [3.8, 4) is 0 Å². The minimum atomic E-state index is 0.666. The summed E-state index contributed by atoms with van der Waals surface area (Å²) < 4.78 is 5.01. The first-order chi connectivity index (χ1) is 7.72. The zero-order valence-corrected chi connectivity index (χ0v) is 10.5. The third kappa shape index (κ3) is 5.40. The van der Waals surface area contributed by atoms with Gasteiger partial charge in [0.15, 0.2) is 0 Å². The van der Waals surface area contributed by atoms with Crippen LogP contribution in [0.3, 0.4) is 0 Å². The van der Waals surface area contributed by atoms with Crippen LogP contribution in [-0.4, -0.2) is 13.2 Å². The molecule has 0 aromatic heterocycles. The first-order valence-electron chi connectivity index (χ1n) is 5.10. The lowest BCUT2D eigenvalue weighted by Gasteiger charge is -2.06. The van der Waals surface area contributed by atoms with E-state index in [1.165, 1.54) is 6.26 Å². The molecule has 0 aliphatic rings. The summed E-state index contributed by atoms with van der Waals surface area (Å²) >= 11 is 11.8. The Morgan fingerprint density at radius 1 is 1.25 bits per heavy atom. The van der Waals surface area contributed by atoms with Gasteiger partial charge in [-0.3, -0.25) is 0 Å². The second kappa shape index (κ2) is 7.55. The molecule has 0 radical (unpaired) electrons. The van der Waals surface area contributed by atoms with Gasteiger partial charge in [0, 0.05) is 16.6 Å². The maximum atomic E-state index is 5.89. The van der Waals surface area contributed by atoms with Crippen molar-refractivity contribution in [1.82, 2.24) is 5.32 Å². The van der Waals surface area contributed by atoms with Gasteiger partial charge in [0.05, 0.1) is 12.9 Å². The van der Waals surface area contributed by atoms with E-state index in [0.29, 0.717) is 16.7 Å². The third-order valence-corrected chi connectivity index (χ3v) is 2.42. The molecule has 88 valence electrons. The topological polar surface area (TPSA) is 21.3 Å². The highest BCUT2D eigenvalue weighted by molar-refractivity contribution is 6.34. The second-order valence-corrected chi connectivity index (χ2v) is 4.22. The van der Waals surface area contributed by atoms with Gasteiger partial charge in [0.25, 0.3) is 0 Å². The lowest BCUT2D eigenvalue weighted by molar-refractivity contribution is 0.244. The van der Waals surface area contributed by atoms with Crippen LogP contribution in [0, 0.1) is 0 Å². The minimum absolute atomic E-state index is 0.666. The molecule has 0 saturated heterocycles. The number of rotatable bonds is 7. The van der Waals surface area contributed by atoms with Crippen molar-refractivity contribution >= 4 is 23.2 Å². The van der Waals surface area contributed by atoms with Gasteiger partial charge < -0.3 is 10.1 Å². The quantitative estimate of drug-likeness (QED) is 0.597. The standard InChI is InChI=1S/C12H15Cl2NO/c1-2-16-5-3-4-15-9-10-6-11(13)8-12(14)7-10/h2,6-8,15H,1,3-5,9H2. The van der Waals surface area contributed by atoms with E-state index in [2.05, 4.69) is 11.9 Å². The largest absolute Gasteiger partial charge is 0.502 e. The van der Waals surface area contributed by atoms with Crippen LogP contribution >= 0.6 is 23.2 Å². The highest BCUT2D eigenvalue weighted by atomic mass is 35.5. The van der Waals surface area contributed by atoms with Crippen molar-refractivity contribution in [2.24, 2.45) is 0 Å². The van der Waals surface area contributed by atoms with E-state index in [1.807, 2.05) is 12.1 Å². The van der Waals surface area contributed by atoms with Gasteiger partial charge >= 0.3 is 0 Å². The average molecular weight is 260 g/mol. The first kappa shape index (κ1) is 13.4. The van der Waals surface area contributed by atoms with Crippen LogP contribution in [0.25, 0.3) is 0 Å². The number of hydrogen-bond acceptors (Lipinski definition) is 2. The van der Waals surface area contributed by atoms with Crippen molar-refractivity contribution < 1.29 is 4.74 Å². The molecule has 16 heavy (non-hydrogen) atoms. The maximum absolute atomic E-state index is 5.89. The molecule has 4 heteroatoms. The van der Waals surface area contributed by atoms with E-state index >= 15 is 0 Å². The van der Waals surface area contributed by atoms with E-state index in [9.17, 15) is 0 Å². The van der Waals surface area contributed by atoms with E-state index in [4.69, 9.17) is 27.9 Å². The van der Waals surface area contributed by atoms with E-state index in [-0.39, 0.29) is 0 Å². The molecule has 0 heterocycles. The van der Waals surface area contributed by atoms with Crippen LogP contribution in [0.15, 0.2) is 31.0 Å². The predicted octanol–water partition coefficient (Wildman–Crippen LogP) is 3.63. The van der Waals surface area contributed by atoms with Gasteiger partial charge in [0.2, 0.25) is 0 Å². The van der Waals surface area contributed by atoms with Crippen molar-refractivity contribution in [3.05, 3.63) is 46.6 Å². The maximum Gasteiger partial charge on any atom is 0.0885 e. The van der Waals surface area contributed by atoms with Crippen molar-refractivity contribution in [3.63, 3.8) is 0 Å². The molecule has 0 aliphatic heterocycles. The molecule has 0 unspecified atom stereocenters. The Bertz CT molecular complexity index is 322. The van der Waals surface area contributed by atoms with Crippen LogP contribution in [0.1, 0.15) is 12.0 Å². The summed E-state index contributed by atoms with van der Waals surface area (Å²) in [7, 11) is 0. The molecule has 0 atom stereocenters. The number of nitrogens with one attached hydrogen (secondary N) is 1. The smallest absolute Gasteiger partial charge is 0.0885 e. The molecular formula is C12H15Cl2NO. The molecular weight excluding hydrogens is 245 g/mol. The Morgan fingerprint density at radius 2 is 1.94 bits per heavy atom. The van der Waals surface area contributed by atoms with Gasteiger partial charge in [-0.1, -0.05) is 29.8 Å². The van der Waals surface area contributed by atoms with Gasteiger partial charge in [-0.05, 0) is 36.7 Å². The van der Waals surface area contributed by atoms with Gasteiger partial charge in [-0.15, -0.1) is 0 Å². The van der Waals surface area contributed by atoms with Crippen molar-refractivity contribution in [1.29, 1.82) is 0 Å². The molecule has 1 N–H and O–H groups in total. The van der Waals surface area contributed by atoms with E-state index in [0.717, 1.165) is 25.1 Å². The van der Waals surface area contributed by atoms with Crippen LogP contribution < -0.4 is 5.32 Å². The summed E-state index contributed by atoms with van der Waals surface area (Å²) in [5.74, 6) is 0. The fourth-order valence-electron chi connectivity index (χ4n) is 1.31. The Hall–Kier alpha value is -0.700. The predicted molar refractivity (Wildman–Crippen MR) is 68.9 cm³/mol. The minimum Gasteiger partial charge on any atom is -0.502 e. The van der Waals surface area contributed by atoms with Crippen LogP contribution in [0.2, 0.25) is 10.0 Å². The molecule has 0 saturated carbocycles. The monoisotopic (exact) mass is 259 g/mol. The summed E-state index contributed by atoms with van der Waals surface area (Å²) in [6.07, 6.45) is 2.40. The summed E-state index contributed by atoms with van der Waals surface area (Å²) in [6, 6.07) is 5.53. The number of halogens is 2. The van der Waals surface area contributed by atoms with Gasteiger partial charge in [-0.25, -0.2) is 0 Å². The van der Waals surface area contributed by atoms with Crippen LogP contribution in [0.5, 0.6) is 0 Å². The number of benzene rings is 1. The Balaban J connectivity index is 2.23. The highest BCUT2D eigenvalue weighted by Crippen LogP contribution is 2.18. The molecule has 0 amide bonds. The number of ether oxygens (including phenoxy) is 1.